The Hall–Kier alpha value is -1.56. The number of nitrogen functional groups attached to an aromatic ring is 1. The van der Waals surface area contributed by atoms with E-state index in [1.165, 1.54) is 0 Å². The molecular formula is C15H19BrN2O3. The molecular weight excluding hydrogens is 336 g/mol. The second-order valence-electron chi connectivity index (χ2n) is 5.73. The molecule has 0 spiro atoms. The molecule has 0 aromatic heterocycles. The standard InChI is InChI=1S/C15H19BrN2O3/c1-15(14(20)21)7-3-2-4-12(15)18-13(19)9-5-6-10(16)11(17)8-9/h5-6,8,12H,2-4,7,17H2,1H3,(H,18,19)(H,20,21). The summed E-state index contributed by atoms with van der Waals surface area (Å²) in [6.45, 7) is 1.70. The highest BCUT2D eigenvalue weighted by Crippen LogP contribution is 2.36. The van der Waals surface area contributed by atoms with Crippen molar-refractivity contribution in [2.24, 2.45) is 5.41 Å². The molecule has 1 saturated carbocycles. The number of benzene rings is 1. The minimum Gasteiger partial charge on any atom is -0.481 e. The van der Waals surface area contributed by atoms with Crippen molar-refractivity contribution in [1.29, 1.82) is 0 Å². The minimum absolute atomic E-state index is 0.284. The maximum Gasteiger partial charge on any atom is 0.311 e. The average Bonchev–Trinajstić information content (AvgIpc) is 2.44. The second kappa shape index (κ2) is 6.05. The number of hydrogen-bond donors (Lipinski definition) is 3. The van der Waals surface area contributed by atoms with Gasteiger partial charge >= 0.3 is 5.97 Å². The van der Waals surface area contributed by atoms with Crippen molar-refractivity contribution >= 4 is 33.5 Å². The van der Waals surface area contributed by atoms with Crippen LogP contribution in [0.3, 0.4) is 0 Å². The number of carbonyl (C=O) groups is 2. The number of amides is 1. The lowest BCUT2D eigenvalue weighted by Crippen LogP contribution is -2.52. The molecule has 1 amide bonds. The Balaban J connectivity index is 2.17. The molecule has 0 radical (unpaired) electrons. The fourth-order valence-corrected chi connectivity index (χ4v) is 2.99. The third kappa shape index (κ3) is 3.20. The first kappa shape index (κ1) is 15.8. The molecule has 4 N–H and O–H groups in total. The fraction of sp³-hybridized carbons (Fsp3) is 0.467. The quantitative estimate of drug-likeness (QED) is 0.727. The van der Waals surface area contributed by atoms with Crippen molar-refractivity contribution in [2.75, 3.05) is 5.73 Å². The van der Waals surface area contributed by atoms with Crippen molar-refractivity contribution in [3.63, 3.8) is 0 Å². The molecule has 114 valence electrons. The monoisotopic (exact) mass is 354 g/mol. The van der Waals surface area contributed by atoms with Gasteiger partial charge in [-0.25, -0.2) is 0 Å². The SMILES string of the molecule is CC1(C(=O)O)CCCCC1NC(=O)c1ccc(Br)c(N)c1. The van der Waals surface area contributed by atoms with Crippen LogP contribution in [0.15, 0.2) is 22.7 Å². The van der Waals surface area contributed by atoms with Gasteiger partial charge in [-0.3, -0.25) is 9.59 Å². The smallest absolute Gasteiger partial charge is 0.311 e. The summed E-state index contributed by atoms with van der Waals surface area (Å²) in [5, 5.41) is 12.3. The van der Waals surface area contributed by atoms with E-state index in [-0.39, 0.29) is 11.9 Å². The Morgan fingerprint density at radius 2 is 2.14 bits per heavy atom. The first-order chi connectivity index (χ1) is 9.84. The van der Waals surface area contributed by atoms with Gasteiger partial charge in [-0.15, -0.1) is 0 Å². The topological polar surface area (TPSA) is 92.4 Å². The van der Waals surface area contributed by atoms with E-state index in [0.29, 0.717) is 24.1 Å². The number of rotatable bonds is 3. The van der Waals surface area contributed by atoms with Crippen LogP contribution < -0.4 is 11.1 Å². The summed E-state index contributed by atoms with van der Waals surface area (Å²) in [6, 6.07) is 4.60. The first-order valence-corrected chi connectivity index (χ1v) is 7.73. The van der Waals surface area contributed by atoms with Crippen LogP contribution in [0.5, 0.6) is 0 Å². The number of carboxylic acid groups (broad SMARTS) is 1. The zero-order valence-electron chi connectivity index (χ0n) is 11.9. The van der Waals surface area contributed by atoms with Crippen LogP contribution in [-0.2, 0) is 4.79 Å². The summed E-state index contributed by atoms with van der Waals surface area (Å²) in [4.78, 5) is 23.8. The summed E-state index contributed by atoms with van der Waals surface area (Å²) >= 11 is 3.28. The zero-order chi connectivity index (χ0) is 15.6. The molecule has 1 aliphatic rings. The zero-order valence-corrected chi connectivity index (χ0v) is 13.4. The van der Waals surface area contributed by atoms with Gasteiger partial charge in [-0.05, 0) is 53.9 Å². The molecule has 1 aromatic rings. The summed E-state index contributed by atoms with van der Waals surface area (Å²) in [7, 11) is 0. The number of carboxylic acids is 1. The molecule has 5 nitrogen and oxygen atoms in total. The molecule has 2 rings (SSSR count). The number of aliphatic carboxylic acids is 1. The van der Waals surface area contributed by atoms with Gasteiger partial charge in [0.05, 0.1) is 5.41 Å². The van der Waals surface area contributed by atoms with Gasteiger partial charge in [-0.1, -0.05) is 12.8 Å². The predicted molar refractivity (Wildman–Crippen MR) is 84.0 cm³/mol. The lowest BCUT2D eigenvalue weighted by molar-refractivity contribution is -0.151. The molecule has 0 heterocycles. The number of anilines is 1. The number of nitrogens with one attached hydrogen (secondary N) is 1. The Kier molecular flexibility index (Phi) is 4.56. The molecule has 0 saturated heterocycles. The van der Waals surface area contributed by atoms with Crippen LogP contribution in [0, 0.1) is 5.41 Å². The summed E-state index contributed by atoms with van der Waals surface area (Å²) < 4.78 is 0.729. The van der Waals surface area contributed by atoms with E-state index in [2.05, 4.69) is 21.2 Å². The van der Waals surface area contributed by atoms with Crippen molar-refractivity contribution in [3.05, 3.63) is 28.2 Å². The Labute approximate surface area is 132 Å². The highest BCUT2D eigenvalue weighted by Gasteiger charge is 2.43. The molecule has 2 unspecified atom stereocenters. The normalized spacial score (nSPS) is 25.3. The summed E-state index contributed by atoms with van der Waals surface area (Å²) in [5.74, 6) is -1.14. The van der Waals surface area contributed by atoms with Crippen LogP contribution >= 0.6 is 15.9 Å². The van der Waals surface area contributed by atoms with Gasteiger partial charge in [0.1, 0.15) is 0 Å². The highest BCUT2D eigenvalue weighted by molar-refractivity contribution is 9.10. The van der Waals surface area contributed by atoms with Crippen molar-refractivity contribution in [3.8, 4) is 0 Å². The maximum absolute atomic E-state index is 12.3. The van der Waals surface area contributed by atoms with E-state index in [0.717, 1.165) is 17.3 Å². The van der Waals surface area contributed by atoms with Gasteiger partial charge in [0.2, 0.25) is 0 Å². The van der Waals surface area contributed by atoms with Crippen LogP contribution in [-0.4, -0.2) is 23.0 Å². The molecule has 21 heavy (non-hydrogen) atoms. The Morgan fingerprint density at radius 3 is 2.76 bits per heavy atom. The largest absolute Gasteiger partial charge is 0.481 e. The Morgan fingerprint density at radius 1 is 1.43 bits per heavy atom. The van der Waals surface area contributed by atoms with E-state index in [9.17, 15) is 14.7 Å². The third-order valence-electron chi connectivity index (χ3n) is 4.26. The molecule has 0 aliphatic heterocycles. The van der Waals surface area contributed by atoms with Gasteiger partial charge in [0.25, 0.3) is 5.91 Å². The van der Waals surface area contributed by atoms with Gasteiger partial charge in [-0.2, -0.15) is 0 Å². The predicted octanol–water partition coefficient (Wildman–Crippen LogP) is 2.79. The van der Waals surface area contributed by atoms with E-state index in [1.807, 2.05) is 0 Å². The van der Waals surface area contributed by atoms with Crippen molar-refractivity contribution in [2.45, 2.75) is 38.6 Å². The Bertz CT molecular complexity index is 576. The average molecular weight is 355 g/mol. The molecule has 1 aliphatic carbocycles. The third-order valence-corrected chi connectivity index (χ3v) is 4.98. The van der Waals surface area contributed by atoms with Crippen LogP contribution in [0.2, 0.25) is 0 Å². The van der Waals surface area contributed by atoms with Crippen LogP contribution in [0.25, 0.3) is 0 Å². The van der Waals surface area contributed by atoms with E-state index >= 15 is 0 Å². The molecule has 1 fully saturated rings. The maximum atomic E-state index is 12.3. The van der Waals surface area contributed by atoms with Crippen molar-refractivity contribution < 1.29 is 14.7 Å². The molecule has 2 atom stereocenters. The number of halogens is 1. The number of nitrogens with two attached hydrogens (primary N) is 1. The first-order valence-electron chi connectivity index (χ1n) is 6.94. The number of carbonyl (C=O) groups excluding carboxylic acids is 1. The summed E-state index contributed by atoms with van der Waals surface area (Å²) in [6.07, 6.45) is 3.06. The number of hydrogen-bond acceptors (Lipinski definition) is 3. The van der Waals surface area contributed by atoms with Gasteiger partial charge in [0.15, 0.2) is 0 Å². The molecule has 0 bridgehead atoms. The van der Waals surface area contributed by atoms with Crippen LogP contribution in [0.1, 0.15) is 43.0 Å². The van der Waals surface area contributed by atoms with Crippen LogP contribution in [0.4, 0.5) is 5.69 Å². The van der Waals surface area contributed by atoms with Gasteiger partial charge in [0, 0.05) is 21.8 Å². The minimum atomic E-state index is -0.908. The second-order valence-corrected chi connectivity index (χ2v) is 6.59. The summed E-state index contributed by atoms with van der Waals surface area (Å²) in [5.41, 5.74) is 5.78. The van der Waals surface area contributed by atoms with E-state index in [4.69, 9.17) is 5.73 Å². The van der Waals surface area contributed by atoms with Gasteiger partial charge < -0.3 is 16.2 Å². The molecule has 6 heteroatoms. The molecule has 1 aromatic carbocycles. The highest BCUT2D eigenvalue weighted by atomic mass is 79.9. The lowest BCUT2D eigenvalue weighted by Gasteiger charge is -2.38. The fourth-order valence-electron chi connectivity index (χ4n) is 2.75. The van der Waals surface area contributed by atoms with E-state index in [1.54, 1.807) is 25.1 Å². The lowest BCUT2D eigenvalue weighted by atomic mass is 9.71. The van der Waals surface area contributed by atoms with E-state index < -0.39 is 11.4 Å². The van der Waals surface area contributed by atoms with Crippen molar-refractivity contribution in [1.82, 2.24) is 5.32 Å².